The van der Waals surface area contributed by atoms with Gasteiger partial charge in [-0.05, 0) is 49.6 Å². The largest absolute Gasteiger partial charge is 0.300 e. The van der Waals surface area contributed by atoms with Crippen molar-refractivity contribution in [2.75, 3.05) is 6.26 Å². The fraction of sp³-hybridized carbons (Fsp3) is 0.500. The van der Waals surface area contributed by atoms with Gasteiger partial charge in [-0.25, -0.2) is 0 Å². The fourth-order valence-corrected chi connectivity index (χ4v) is 2.27. The summed E-state index contributed by atoms with van der Waals surface area (Å²) in [5, 5.41) is 0. The molecule has 0 aliphatic rings. The number of ketones is 1. The Morgan fingerprint density at radius 3 is 2.38 bits per heavy atom. The molecule has 0 bridgehead atoms. The van der Waals surface area contributed by atoms with Crippen LogP contribution in [-0.2, 0) is 4.79 Å². The maximum Gasteiger partial charge on any atom is 0.129 e. The molecule has 1 nitrogen and oxygen atoms in total. The number of hydrogen-bond acceptors (Lipinski definition) is 2. The van der Waals surface area contributed by atoms with Gasteiger partial charge in [0, 0.05) is 11.3 Å². The van der Waals surface area contributed by atoms with Crippen LogP contribution in [0.2, 0.25) is 0 Å². The highest BCUT2D eigenvalue weighted by Gasteiger charge is 2.10. The minimum Gasteiger partial charge on any atom is -0.300 e. The highest BCUT2D eigenvalue weighted by molar-refractivity contribution is 7.98. The molecule has 16 heavy (non-hydrogen) atoms. The van der Waals surface area contributed by atoms with E-state index in [1.807, 2.05) is 0 Å². The SMILES string of the molecule is CCC(CCC(C)=O)c1ccc(SC)cc1. The fourth-order valence-electron chi connectivity index (χ4n) is 1.86. The normalized spacial score (nSPS) is 12.4. The third-order valence-corrected chi connectivity index (χ3v) is 3.67. The van der Waals surface area contributed by atoms with E-state index in [-0.39, 0.29) is 0 Å². The summed E-state index contributed by atoms with van der Waals surface area (Å²) in [6, 6.07) is 8.72. The zero-order valence-corrected chi connectivity index (χ0v) is 11.1. The highest BCUT2D eigenvalue weighted by atomic mass is 32.2. The van der Waals surface area contributed by atoms with Gasteiger partial charge < -0.3 is 4.79 Å². The van der Waals surface area contributed by atoms with Crippen LogP contribution < -0.4 is 0 Å². The number of benzene rings is 1. The zero-order chi connectivity index (χ0) is 12.0. The van der Waals surface area contributed by atoms with Crippen molar-refractivity contribution in [1.82, 2.24) is 0 Å². The first-order chi connectivity index (χ1) is 7.67. The van der Waals surface area contributed by atoms with Gasteiger partial charge in [0.2, 0.25) is 0 Å². The van der Waals surface area contributed by atoms with E-state index in [1.54, 1.807) is 18.7 Å². The van der Waals surface area contributed by atoms with E-state index in [0.29, 0.717) is 18.1 Å². The lowest BCUT2D eigenvalue weighted by Gasteiger charge is -2.14. The Labute approximate surface area is 103 Å². The van der Waals surface area contributed by atoms with Crippen LogP contribution in [0.4, 0.5) is 0 Å². The summed E-state index contributed by atoms with van der Waals surface area (Å²) < 4.78 is 0. The average molecular weight is 236 g/mol. The van der Waals surface area contributed by atoms with Crippen LogP contribution in [0.3, 0.4) is 0 Å². The molecule has 0 spiro atoms. The second-order valence-corrected chi connectivity index (χ2v) is 5.00. The van der Waals surface area contributed by atoms with Gasteiger partial charge >= 0.3 is 0 Å². The number of rotatable bonds is 6. The van der Waals surface area contributed by atoms with Gasteiger partial charge in [0.25, 0.3) is 0 Å². The molecule has 0 N–H and O–H groups in total. The average Bonchev–Trinajstić information content (AvgIpc) is 2.30. The van der Waals surface area contributed by atoms with Gasteiger partial charge in [0.15, 0.2) is 0 Å². The first-order valence-electron chi connectivity index (χ1n) is 5.80. The van der Waals surface area contributed by atoms with E-state index in [1.165, 1.54) is 10.5 Å². The van der Waals surface area contributed by atoms with Crippen molar-refractivity contribution < 1.29 is 4.79 Å². The second kappa shape index (κ2) is 6.74. The molecule has 0 saturated heterocycles. The Balaban J connectivity index is 2.66. The van der Waals surface area contributed by atoms with E-state index in [4.69, 9.17) is 0 Å². The van der Waals surface area contributed by atoms with Crippen LogP contribution in [0, 0.1) is 0 Å². The molecule has 0 heterocycles. The van der Waals surface area contributed by atoms with Crippen LogP contribution in [0.5, 0.6) is 0 Å². The Morgan fingerprint density at radius 2 is 1.94 bits per heavy atom. The van der Waals surface area contributed by atoms with E-state index in [0.717, 1.165) is 12.8 Å². The predicted octanol–water partition coefficient (Wildman–Crippen LogP) is 4.27. The van der Waals surface area contributed by atoms with Crippen molar-refractivity contribution >= 4 is 17.5 Å². The van der Waals surface area contributed by atoms with Crippen molar-refractivity contribution in [3.8, 4) is 0 Å². The first kappa shape index (κ1) is 13.3. The summed E-state index contributed by atoms with van der Waals surface area (Å²) in [6.07, 6.45) is 4.86. The predicted molar refractivity (Wildman–Crippen MR) is 71.2 cm³/mol. The van der Waals surface area contributed by atoms with Crippen molar-refractivity contribution in [2.24, 2.45) is 0 Å². The van der Waals surface area contributed by atoms with Crippen LogP contribution in [0.15, 0.2) is 29.2 Å². The monoisotopic (exact) mass is 236 g/mol. The topological polar surface area (TPSA) is 17.1 Å². The summed E-state index contributed by atoms with van der Waals surface area (Å²) in [6.45, 7) is 3.86. The van der Waals surface area contributed by atoms with Gasteiger partial charge in [-0.3, -0.25) is 0 Å². The zero-order valence-electron chi connectivity index (χ0n) is 10.3. The third-order valence-electron chi connectivity index (χ3n) is 2.92. The molecule has 0 aliphatic carbocycles. The number of thioether (sulfide) groups is 1. The molecule has 1 aromatic rings. The van der Waals surface area contributed by atoms with Crippen LogP contribution in [0.25, 0.3) is 0 Å². The minimum atomic E-state index is 0.291. The molecule has 0 aromatic heterocycles. The lowest BCUT2D eigenvalue weighted by atomic mass is 9.91. The smallest absolute Gasteiger partial charge is 0.129 e. The molecule has 0 aliphatic heterocycles. The lowest BCUT2D eigenvalue weighted by molar-refractivity contribution is -0.117. The summed E-state index contributed by atoms with van der Waals surface area (Å²) >= 11 is 1.76. The Kier molecular flexibility index (Phi) is 5.61. The molecule has 1 rings (SSSR count). The third kappa shape index (κ3) is 4.01. The summed E-state index contributed by atoms with van der Waals surface area (Å²) in [4.78, 5) is 12.3. The van der Waals surface area contributed by atoms with Crippen LogP contribution in [0.1, 0.15) is 44.6 Å². The molecule has 0 radical (unpaired) electrons. The van der Waals surface area contributed by atoms with Crippen molar-refractivity contribution in [3.63, 3.8) is 0 Å². The summed E-state index contributed by atoms with van der Waals surface area (Å²) in [5.74, 6) is 0.819. The molecular formula is C14H20OS. The highest BCUT2D eigenvalue weighted by Crippen LogP contribution is 2.26. The van der Waals surface area contributed by atoms with Crippen molar-refractivity contribution in [2.45, 2.75) is 43.9 Å². The van der Waals surface area contributed by atoms with E-state index < -0.39 is 0 Å². The quantitative estimate of drug-likeness (QED) is 0.686. The van der Waals surface area contributed by atoms with Gasteiger partial charge in [0.05, 0.1) is 0 Å². The minimum absolute atomic E-state index is 0.291. The van der Waals surface area contributed by atoms with Crippen LogP contribution in [-0.4, -0.2) is 12.0 Å². The molecule has 0 amide bonds. The maximum atomic E-state index is 11.0. The van der Waals surface area contributed by atoms with Crippen molar-refractivity contribution in [3.05, 3.63) is 29.8 Å². The van der Waals surface area contributed by atoms with Gasteiger partial charge in [0.1, 0.15) is 5.78 Å². The maximum absolute atomic E-state index is 11.0. The molecule has 88 valence electrons. The Bertz CT molecular complexity index is 329. The van der Waals surface area contributed by atoms with E-state index >= 15 is 0 Å². The number of hydrogen-bond donors (Lipinski definition) is 0. The summed E-state index contributed by atoms with van der Waals surface area (Å²) in [5.41, 5.74) is 1.36. The standard InChI is InChI=1S/C14H20OS/c1-4-12(6-5-11(2)15)13-7-9-14(16-3)10-8-13/h7-10,12H,4-6H2,1-3H3. The second-order valence-electron chi connectivity index (χ2n) is 4.12. The van der Waals surface area contributed by atoms with Crippen LogP contribution >= 0.6 is 11.8 Å². The molecule has 0 saturated carbocycles. The molecule has 0 fully saturated rings. The number of carbonyl (C=O) groups is 1. The molecule has 1 atom stereocenters. The van der Waals surface area contributed by atoms with Gasteiger partial charge in [-0.15, -0.1) is 11.8 Å². The number of carbonyl (C=O) groups excluding carboxylic acids is 1. The van der Waals surface area contributed by atoms with E-state index in [2.05, 4.69) is 37.4 Å². The van der Waals surface area contributed by atoms with Gasteiger partial charge in [-0.1, -0.05) is 19.1 Å². The molecule has 1 aromatic carbocycles. The molecule has 1 unspecified atom stereocenters. The van der Waals surface area contributed by atoms with E-state index in [9.17, 15) is 4.79 Å². The lowest BCUT2D eigenvalue weighted by Crippen LogP contribution is -2.00. The first-order valence-corrected chi connectivity index (χ1v) is 7.03. The number of Topliss-reactive ketones (excluding diaryl/α,β-unsaturated/α-hetero) is 1. The van der Waals surface area contributed by atoms with Gasteiger partial charge in [-0.2, -0.15) is 0 Å². The molecule has 2 heteroatoms. The molecular weight excluding hydrogens is 216 g/mol. The Morgan fingerprint density at radius 1 is 1.31 bits per heavy atom. The summed E-state index contributed by atoms with van der Waals surface area (Å²) in [7, 11) is 0. The Hall–Kier alpha value is -0.760. The van der Waals surface area contributed by atoms with Crippen molar-refractivity contribution in [1.29, 1.82) is 0 Å².